The molecule has 0 amide bonds. The van der Waals surface area contributed by atoms with E-state index in [1.165, 1.54) is 72.0 Å². The molecular formula is C32H44N2. The lowest BCUT2D eigenvalue weighted by molar-refractivity contribution is 0.322. The summed E-state index contributed by atoms with van der Waals surface area (Å²) in [5, 5.41) is 0. The van der Waals surface area contributed by atoms with E-state index in [4.69, 9.17) is 5.73 Å². The molecule has 1 aliphatic carbocycles. The number of fused-ring (bicyclic) bond motifs is 2. The molecule has 182 valence electrons. The molecule has 0 bridgehead atoms. The van der Waals surface area contributed by atoms with Crippen molar-refractivity contribution >= 4 is 17.5 Å². The van der Waals surface area contributed by atoms with Crippen molar-refractivity contribution in [3.8, 4) is 0 Å². The van der Waals surface area contributed by atoms with Crippen LogP contribution in [-0.2, 0) is 18.3 Å². The molecule has 34 heavy (non-hydrogen) atoms. The predicted octanol–water partition coefficient (Wildman–Crippen LogP) is 8.24. The van der Waals surface area contributed by atoms with Crippen molar-refractivity contribution in [2.24, 2.45) is 0 Å². The second-order valence-corrected chi connectivity index (χ2v) is 11.0. The number of hydrogen-bond donors (Lipinski definition) is 1. The van der Waals surface area contributed by atoms with E-state index < -0.39 is 0 Å². The largest absolute Gasteiger partial charge is 0.399 e. The van der Waals surface area contributed by atoms with Crippen LogP contribution in [0.4, 0.5) is 11.4 Å². The molecule has 1 heterocycles. The van der Waals surface area contributed by atoms with E-state index in [1.54, 1.807) is 0 Å². The SMILES string of the molecule is C=C(CCCCCCCC)CN1c2ccccc2C(C)(C)C12C=Cc1cc(N)cc(CC)c1C2. The molecule has 0 saturated carbocycles. The number of aryl methyl sites for hydroxylation is 1. The fraction of sp³-hybridized carbons (Fsp3) is 0.500. The first-order chi connectivity index (χ1) is 16.3. The van der Waals surface area contributed by atoms with Gasteiger partial charge in [-0.2, -0.15) is 0 Å². The maximum absolute atomic E-state index is 6.25. The molecule has 1 unspecified atom stereocenters. The van der Waals surface area contributed by atoms with Crippen molar-refractivity contribution in [1.82, 2.24) is 0 Å². The van der Waals surface area contributed by atoms with E-state index >= 15 is 0 Å². The lowest BCUT2D eigenvalue weighted by atomic mass is 9.64. The first kappa shape index (κ1) is 24.6. The van der Waals surface area contributed by atoms with Crippen LogP contribution in [-0.4, -0.2) is 12.1 Å². The van der Waals surface area contributed by atoms with Gasteiger partial charge in [-0.15, -0.1) is 0 Å². The molecule has 0 radical (unpaired) electrons. The van der Waals surface area contributed by atoms with Crippen LogP contribution in [0.5, 0.6) is 0 Å². The summed E-state index contributed by atoms with van der Waals surface area (Å²) in [7, 11) is 0. The molecule has 2 N–H and O–H groups in total. The predicted molar refractivity (Wildman–Crippen MR) is 150 cm³/mol. The molecule has 0 saturated heterocycles. The van der Waals surface area contributed by atoms with Crippen LogP contribution >= 0.6 is 0 Å². The highest BCUT2D eigenvalue weighted by Crippen LogP contribution is 2.55. The Balaban J connectivity index is 1.63. The van der Waals surface area contributed by atoms with Gasteiger partial charge in [-0.1, -0.05) is 102 Å². The van der Waals surface area contributed by atoms with E-state index in [2.05, 4.69) is 87.7 Å². The van der Waals surface area contributed by atoms with Crippen LogP contribution in [0.3, 0.4) is 0 Å². The van der Waals surface area contributed by atoms with Gasteiger partial charge in [-0.05, 0) is 59.7 Å². The number of rotatable bonds is 10. The van der Waals surface area contributed by atoms with Gasteiger partial charge in [0.05, 0.1) is 5.54 Å². The molecular weight excluding hydrogens is 412 g/mol. The summed E-state index contributed by atoms with van der Waals surface area (Å²) in [6, 6.07) is 13.4. The molecule has 4 rings (SSSR count). The zero-order chi connectivity index (χ0) is 24.3. The maximum atomic E-state index is 6.25. The molecule has 0 fully saturated rings. The molecule has 2 aliphatic rings. The first-order valence-corrected chi connectivity index (χ1v) is 13.5. The van der Waals surface area contributed by atoms with Crippen molar-refractivity contribution in [1.29, 1.82) is 0 Å². The van der Waals surface area contributed by atoms with E-state index in [-0.39, 0.29) is 11.0 Å². The average molecular weight is 457 g/mol. The Kier molecular flexibility index (Phi) is 7.26. The Bertz CT molecular complexity index is 1060. The summed E-state index contributed by atoms with van der Waals surface area (Å²) >= 11 is 0. The lowest BCUT2D eigenvalue weighted by Crippen LogP contribution is -2.57. The van der Waals surface area contributed by atoms with Crippen molar-refractivity contribution in [2.75, 3.05) is 17.2 Å². The van der Waals surface area contributed by atoms with Gasteiger partial charge in [0.2, 0.25) is 0 Å². The van der Waals surface area contributed by atoms with Gasteiger partial charge in [0, 0.05) is 29.8 Å². The van der Waals surface area contributed by atoms with Gasteiger partial charge in [-0.25, -0.2) is 0 Å². The van der Waals surface area contributed by atoms with Gasteiger partial charge in [0.15, 0.2) is 0 Å². The second-order valence-electron chi connectivity index (χ2n) is 11.0. The molecule has 1 aliphatic heterocycles. The monoisotopic (exact) mass is 456 g/mol. The van der Waals surface area contributed by atoms with Crippen molar-refractivity contribution < 1.29 is 0 Å². The molecule has 2 nitrogen and oxygen atoms in total. The zero-order valence-electron chi connectivity index (χ0n) is 21.9. The standard InChI is InChI=1S/C32H44N2/c1-6-8-9-10-11-12-15-24(3)23-34-30-17-14-13-16-29(30)31(4,5)32(34)19-18-26-21-27(33)20-25(7-2)28(26)22-32/h13-14,16-21H,3,6-12,15,22-23,33H2,1-2,4-5H3. The Morgan fingerprint density at radius 2 is 1.76 bits per heavy atom. The minimum atomic E-state index is -0.103. The molecule has 1 spiro atoms. The highest BCUT2D eigenvalue weighted by Gasteiger charge is 2.56. The van der Waals surface area contributed by atoms with E-state index in [0.717, 1.165) is 31.5 Å². The number of anilines is 2. The normalized spacial score (nSPS) is 19.9. The van der Waals surface area contributed by atoms with Gasteiger partial charge in [0.1, 0.15) is 0 Å². The van der Waals surface area contributed by atoms with Gasteiger partial charge in [-0.3, -0.25) is 0 Å². The molecule has 1 atom stereocenters. The van der Waals surface area contributed by atoms with Crippen molar-refractivity contribution in [2.45, 2.75) is 96.4 Å². The second kappa shape index (κ2) is 10.0. The summed E-state index contributed by atoms with van der Waals surface area (Å²) in [6.07, 6.45) is 15.9. The molecule has 2 aromatic rings. The number of para-hydroxylation sites is 1. The quantitative estimate of drug-likeness (QED) is 0.221. The molecule has 2 heteroatoms. The van der Waals surface area contributed by atoms with Gasteiger partial charge < -0.3 is 10.6 Å². The number of nitrogens with zero attached hydrogens (tertiary/aromatic N) is 1. The Labute approximate surface area is 207 Å². The highest BCUT2D eigenvalue weighted by atomic mass is 15.2. The van der Waals surface area contributed by atoms with Gasteiger partial charge in [0.25, 0.3) is 0 Å². The summed E-state index contributed by atoms with van der Waals surface area (Å²) in [6.45, 7) is 14.9. The first-order valence-electron chi connectivity index (χ1n) is 13.5. The average Bonchev–Trinajstić information content (AvgIpc) is 3.00. The zero-order valence-corrected chi connectivity index (χ0v) is 21.9. The van der Waals surface area contributed by atoms with E-state index in [9.17, 15) is 0 Å². The van der Waals surface area contributed by atoms with Crippen LogP contribution in [0.15, 0.2) is 54.6 Å². The van der Waals surface area contributed by atoms with Crippen LogP contribution in [0.25, 0.3) is 6.08 Å². The van der Waals surface area contributed by atoms with E-state index in [1.807, 2.05) is 0 Å². The molecule has 0 aromatic heterocycles. The molecule has 2 aromatic carbocycles. The summed E-state index contributed by atoms with van der Waals surface area (Å²) in [5.74, 6) is 0. The third-order valence-electron chi connectivity index (χ3n) is 8.46. The Morgan fingerprint density at radius 1 is 1.03 bits per heavy atom. The highest BCUT2D eigenvalue weighted by molar-refractivity contribution is 5.75. The van der Waals surface area contributed by atoms with Crippen molar-refractivity contribution in [3.05, 3.63) is 76.9 Å². The van der Waals surface area contributed by atoms with Crippen LogP contribution in [0.2, 0.25) is 0 Å². The number of benzene rings is 2. The van der Waals surface area contributed by atoms with Crippen molar-refractivity contribution in [3.63, 3.8) is 0 Å². The Morgan fingerprint density at radius 3 is 2.53 bits per heavy atom. The maximum Gasteiger partial charge on any atom is 0.0724 e. The minimum absolute atomic E-state index is 0.00931. The third-order valence-corrected chi connectivity index (χ3v) is 8.46. The number of unbranched alkanes of at least 4 members (excludes halogenated alkanes) is 5. The summed E-state index contributed by atoms with van der Waals surface area (Å²) in [4.78, 5) is 2.68. The topological polar surface area (TPSA) is 29.3 Å². The fourth-order valence-corrected chi connectivity index (χ4v) is 6.34. The Hall–Kier alpha value is -2.48. The fourth-order valence-electron chi connectivity index (χ4n) is 6.34. The van der Waals surface area contributed by atoms with Crippen LogP contribution < -0.4 is 10.6 Å². The minimum Gasteiger partial charge on any atom is -0.399 e. The summed E-state index contributed by atoms with van der Waals surface area (Å²) in [5.41, 5.74) is 15.3. The van der Waals surface area contributed by atoms with Gasteiger partial charge >= 0.3 is 0 Å². The number of hydrogen-bond acceptors (Lipinski definition) is 2. The lowest BCUT2D eigenvalue weighted by Gasteiger charge is -2.49. The summed E-state index contributed by atoms with van der Waals surface area (Å²) < 4.78 is 0. The van der Waals surface area contributed by atoms with Crippen LogP contribution in [0, 0.1) is 0 Å². The smallest absolute Gasteiger partial charge is 0.0724 e. The third kappa shape index (κ3) is 4.32. The van der Waals surface area contributed by atoms with Crippen LogP contribution in [0.1, 0.15) is 94.9 Å². The number of nitrogen functional groups attached to an aromatic ring is 1. The number of nitrogens with two attached hydrogens (primary N) is 1. The van der Waals surface area contributed by atoms with E-state index in [0.29, 0.717) is 0 Å².